The van der Waals surface area contributed by atoms with Gasteiger partial charge in [0.2, 0.25) is 0 Å². The van der Waals surface area contributed by atoms with Crippen LogP contribution < -0.4 is 11.1 Å². The van der Waals surface area contributed by atoms with E-state index >= 15 is 0 Å². The van der Waals surface area contributed by atoms with Crippen LogP contribution in [0.5, 0.6) is 0 Å². The van der Waals surface area contributed by atoms with Crippen molar-refractivity contribution in [2.24, 2.45) is 5.73 Å². The van der Waals surface area contributed by atoms with Crippen LogP contribution in [0.3, 0.4) is 0 Å². The maximum atomic E-state index is 11.7. The number of rotatable bonds is 3. The lowest BCUT2D eigenvalue weighted by molar-refractivity contribution is -0.116. The maximum Gasteiger partial charge on any atom is 0.180 e. The zero-order chi connectivity index (χ0) is 13.5. The fourth-order valence-corrected chi connectivity index (χ4v) is 2.51. The molecule has 1 aliphatic carbocycles. The number of halogens is 1. The van der Waals surface area contributed by atoms with E-state index in [-0.39, 0.29) is 11.4 Å². The minimum atomic E-state index is -0.329. The van der Waals surface area contributed by atoms with Crippen LogP contribution in [0.15, 0.2) is 35.7 Å². The first-order valence-corrected chi connectivity index (χ1v) is 6.64. The molecule has 1 aromatic carbocycles. The molecule has 0 saturated carbocycles. The van der Waals surface area contributed by atoms with E-state index in [9.17, 15) is 4.79 Å². The molecular weight excluding hydrogens is 264 g/mol. The average Bonchev–Trinajstić information content (AvgIpc) is 3.17. The minimum absolute atomic E-state index is 0.000249. The molecule has 1 aliphatic heterocycles. The summed E-state index contributed by atoms with van der Waals surface area (Å²) in [6.07, 6.45) is 1.19. The molecule has 1 aromatic rings. The summed E-state index contributed by atoms with van der Waals surface area (Å²) in [6, 6.07) is 7.56. The Bertz CT molecular complexity index is 547. The number of epoxide rings is 1. The standard InChI is InChI=1S/C14H15ClN2O2/c15-10-3-1-9(2-4-10)7-17-13-12(16)11(18)5-6-14(13)8-19-14/h1-4,17H,5-8,16H2. The van der Waals surface area contributed by atoms with Gasteiger partial charge in [-0.05, 0) is 24.1 Å². The number of hydrogen-bond donors (Lipinski definition) is 2. The number of carbonyl (C=O) groups is 1. The molecule has 100 valence electrons. The Balaban J connectivity index is 1.76. The molecule has 5 heteroatoms. The summed E-state index contributed by atoms with van der Waals surface area (Å²) in [7, 11) is 0. The van der Waals surface area contributed by atoms with E-state index in [1.54, 1.807) is 0 Å². The topological polar surface area (TPSA) is 67.6 Å². The molecule has 1 spiro atoms. The Hall–Kier alpha value is -1.52. The summed E-state index contributed by atoms with van der Waals surface area (Å²) in [4.78, 5) is 11.7. The van der Waals surface area contributed by atoms with Gasteiger partial charge in [0.1, 0.15) is 5.60 Å². The Morgan fingerprint density at radius 3 is 2.68 bits per heavy atom. The van der Waals surface area contributed by atoms with Crippen LogP contribution in [0, 0.1) is 0 Å². The van der Waals surface area contributed by atoms with Crippen molar-refractivity contribution in [2.45, 2.75) is 25.0 Å². The van der Waals surface area contributed by atoms with Gasteiger partial charge in [0.25, 0.3) is 0 Å². The molecule has 0 bridgehead atoms. The van der Waals surface area contributed by atoms with E-state index in [4.69, 9.17) is 22.1 Å². The van der Waals surface area contributed by atoms with Gasteiger partial charge in [-0.1, -0.05) is 23.7 Å². The van der Waals surface area contributed by atoms with Gasteiger partial charge >= 0.3 is 0 Å². The highest BCUT2D eigenvalue weighted by atomic mass is 35.5. The minimum Gasteiger partial charge on any atom is -0.394 e. The molecule has 3 rings (SSSR count). The molecule has 1 atom stereocenters. The fraction of sp³-hybridized carbons (Fsp3) is 0.357. The summed E-state index contributed by atoms with van der Waals surface area (Å²) in [5.41, 5.74) is 7.71. The largest absolute Gasteiger partial charge is 0.394 e. The highest BCUT2D eigenvalue weighted by molar-refractivity contribution is 6.30. The molecule has 4 nitrogen and oxygen atoms in total. The number of hydrogen-bond acceptors (Lipinski definition) is 4. The van der Waals surface area contributed by atoms with E-state index in [1.807, 2.05) is 24.3 Å². The van der Waals surface area contributed by atoms with Crippen molar-refractivity contribution in [3.63, 3.8) is 0 Å². The third-order valence-corrected chi connectivity index (χ3v) is 3.91. The number of benzene rings is 1. The Morgan fingerprint density at radius 2 is 2.05 bits per heavy atom. The predicted octanol–water partition coefficient (Wildman–Crippen LogP) is 1.73. The van der Waals surface area contributed by atoms with Crippen molar-refractivity contribution in [2.75, 3.05) is 6.61 Å². The first-order chi connectivity index (χ1) is 9.11. The van der Waals surface area contributed by atoms with Crippen LogP contribution in [-0.4, -0.2) is 18.0 Å². The van der Waals surface area contributed by atoms with Gasteiger partial charge in [0, 0.05) is 18.0 Å². The molecule has 0 amide bonds. The second-order valence-corrected chi connectivity index (χ2v) is 5.41. The van der Waals surface area contributed by atoms with E-state index in [1.165, 1.54) is 0 Å². The molecule has 1 saturated heterocycles. The summed E-state index contributed by atoms with van der Waals surface area (Å²) in [5, 5.41) is 3.96. The van der Waals surface area contributed by atoms with Gasteiger partial charge in [-0.25, -0.2) is 0 Å². The van der Waals surface area contributed by atoms with Crippen LogP contribution in [0.2, 0.25) is 5.02 Å². The van der Waals surface area contributed by atoms with Crippen LogP contribution >= 0.6 is 11.6 Å². The van der Waals surface area contributed by atoms with Gasteiger partial charge in [0.15, 0.2) is 5.78 Å². The molecule has 0 radical (unpaired) electrons. The van der Waals surface area contributed by atoms with Gasteiger partial charge in [-0.3, -0.25) is 4.79 Å². The molecule has 2 aliphatic rings. The Labute approximate surface area is 116 Å². The summed E-state index contributed by atoms with van der Waals surface area (Å²) < 4.78 is 5.50. The van der Waals surface area contributed by atoms with Gasteiger partial charge < -0.3 is 15.8 Å². The zero-order valence-corrected chi connectivity index (χ0v) is 11.2. The van der Waals surface area contributed by atoms with Crippen molar-refractivity contribution >= 4 is 17.4 Å². The highest BCUT2D eigenvalue weighted by Gasteiger charge is 2.52. The van der Waals surface area contributed by atoms with E-state index in [0.717, 1.165) is 17.7 Å². The van der Waals surface area contributed by atoms with E-state index < -0.39 is 0 Å². The lowest BCUT2D eigenvalue weighted by atomic mass is 9.89. The molecule has 0 aromatic heterocycles. The highest BCUT2D eigenvalue weighted by Crippen LogP contribution is 2.42. The van der Waals surface area contributed by atoms with Crippen LogP contribution in [0.4, 0.5) is 0 Å². The molecule has 19 heavy (non-hydrogen) atoms. The normalized spacial score (nSPS) is 25.8. The second-order valence-electron chi connectivity index (χ2n) is 4.97. The third kappa shape index (κ3) is 2.33. The number of allylic oxidation sites excluding steroid dienone is 1. The summed E-state index contributed by atoms with van der Waals surface area (Å²) >= 11 is 5.84. The predicted molar refractivity (Wildman–Crippen MR) is 72.4 cm³/mol. The number of carbonyl (C=O) groups excluding carboxylic acids is 1. The fourth-order valence-electron chi connectivity index (χ4n) is 2.38. The molecule has 1 unspecified atom stereocenters. The quantitative estimate of drug-likeness (QED) is 0.827. The molecule has 3 N–H and O–H groups in total. The number of ketones is 1. The molecule has 1 fully saturated rings. The number of nitrogens with two attached hydrogens (primary N) is 1. The summed E-state index contributed by atoms with van der Waals surface area (Å²) in [5.74, 6) is -0.000249. The third-order valence-electron chi connectivity index (χ3n) is 3.66. The Kier molecular flexibility index (Phi) is 2.99. The average molecular weight is 279 g/mol. The lowest BCUT2D eigenvalue weighted by Gasteiger charge is -2.24. The SMILES string of the molecule is NC1=C(NCc2ccc(Cl)cc2)C2(CCC1=O)CO2. The van der Waals surface area contributed by atoms with Gasteiger partial charge in [-0.2, -0.15) is 0 Å². The van der Waals surface area contributed by atoms with Crippen LogP contribution in [0.1, 0.15) is 18.4 Å². The zero-order valence-electron chi connectivity index (χ0n) is 10.4. The second kappa shape index (κ2) is 4.54. The Morgan fingerprint density at radius 1 is 1.37 bits per heavy atom. The number of nitrogens with one attached hydrogen (secondary N) is 1. The molecule has 1 heterocycles. The van der Waals surface area contributed by atoms with Crippen molar-refractivity contribution in [1.29, 1.82) is 0 Å². The van der Waals surface area contributed by atoms with Gasteiger partial charge in [0.05, 0.1) is 18.0 Å². The number of ether oxygens (including phenoxy) is 1. The first kappa shape index (κ1) is 12.5. The van der Waals surface area contributed by atoms with Crippen molar-refractivity contribution < 1.29 is 9.53 Å². The van der Waals surface area contributed by atoms with Gasteiger partial charge in [-0.15, -0.1) is 0 Å². The maximum absolute atomic E-state index is 11.7. The van der Waals surface area contributed by atoms with Crippen LogP contribution in [0.25, 0.3) is 0 Å². The lowest BCUT2D eigenvalue weighted by Crippen LogP contribution is -2.37. The first-order valence-electron chi connectivity index (χ1n) is 6.26. The molecular formula is C14H15ClN2O2. The van der Waals surface area contributed by atoms with Crippen LogP contribution in [-0.2, 0) is 16.1 Å². The summed E-state index contributed by atoms with van der Waals surface area (Å²) in [6.45, 7) is 1.25. The van der Waals surface area contributed by atoms with E-state index in [0.29, 0.717) is 30.3 Å². The number of Topliss-reactive ketones (excluding diaryl/α,β-unsaturated/α-hetero) is 1. The smallest absolute Gasteiger partial charge is 0.180 e. The van der Waals surface area contributed by atoms with Crippen molar-refractivity contribution in [3.8, 4) is 0 Å². The van der Waals surface area contributed by atoms with Crippen molar-refractivity contribution in [1.82, 2.24) is 5.32 Å². The van der Waals surface area contributed by atoms with E-state index in [2.05, 4.69) is 5.32 Å². The van der Waals surface area contributed by atoms with Crippen molar-refractivity contribution in [3.05, 3.63) is 46.2 Å². The monoisotopic (exact) mass is 278 g/mol.